The summed E-state index contributed by atoms with van der Waals surface area (Å²) in [5, 5.41) is 3.39. The molecule has 1 aliphatic rings. The fraction of sp³-hybridized carbons (Fsp3) is 0.409. The summed E-state index contributed by atoms with van der Waals surface area (Å²) < 4.78 is 26.4. The summed E-state index contributed by atoms with van der Waals surface area (Å²) in [7, 11) is -0.235. The third kappa shape index (κ3) is 5.16. The molecule has 7 heteroatoms. The van der Waals surface area contributed by atoms with Crippen LogP contribution in [0.25, 0.3) is 0 Å². The van der Waals surface area contributed by atoms with E-state index in [9.17, 15) is 8.42 Å². The van der Waals surface area contributed by atoms with Crippen LogP contribution < -0.4 is 10.0 Å². The highest BCUT2D eigenvalue weighted by Crippen LogP contribution is 2.32. The van der Waals surface area contributed by atoms with E-state index in [1.54, 1.807) is 25.2 Å². The molecular formula is C22H30N4O2S. The number of sulfonamides is 1. The summed E-state index contributed by atoms with van der Waals surface area (Å²) >= 11 is 0. The fourth-order valence-electron chi connectivity index (χ4n) is 3.99. The molecule has 156 valence electrons. The highest BCUT2D eigenvalue weighted by molar-refractivity contribution is 7.89. The van der Waals surface area contributed by atoms with Crippen molar-refractivity contribution in [3.8, 4) is 0 Å². The van der Waals surface area contributed by atoms with Gasteiger partial charge >= 0.3 is 0 Å². The van der Waals surface area contributed by atoms with Crippen molar-refractivity contribution in [1.29, 1.82) is 0 Å². The molecule has 0 saturated carbocycles. The van der Waals surface area contributed by atoms with Gasteiger partial charge in [0.25, 0.3) is 0 Å². The zero-order valence-electron chi connectivity index (χ0n) is 17.3. The Morgan fingerprint density at radius 3 is 2.59 bits per heavy atom. The smallest absolute Gasteiger partial charge is 0.240 e. The maximum atomic E-state index is 12.0. The summed E-state index contributed by atoms with van der Waals surface area (Å²) in [6.07, 6.45) is 1.09. The largest absolute Gasteiger partial charge is 0.352 e. The molecule has 2 unspecified atom stereocenters. The molecule has 29 heavy (non-hydrogen) atoms. The Labute approximate surface area is 174 Å². The third-order valence-electron chi connectivity index (χ3n) is 5.57. The molecule has 3 rings (SSSR count). The van der Waals surface area contributed by atoms with Gasteiger partial charge in [0.1, 0.15) is 0 Å². The topological polar surface area (TPSA) is 73.8 Å². The lowest BCUT2D eigenvalue weighted by molar-refractivity contribution is 0.234. The van der Waals surface area contributed by atoms with E-state index in [2.05, 4.69) is 57.2 Å². The van der Waals surface area contributed by atoms with Gasteiger partial charge in [0.2, 0.25) is 10.0 Å². The molecule has 1 saturated heterocycles. The van der Waals surface area contributed by atoms with Crippen LogP contribution in [0.2, 0.25) is 0 Å². The number of nitrogens with one attached hydrogen (secondary N) is 2. The summed E-state index contributed by atoms with van der Waals surface area (Å²) in [6, 6.07) is 17.7. The van der Waals surface area contributed by atoms with Gasteiger partial charge in [-0.25, -0.2) is 13.1 Å². The number of hydrogen-bond donors (Lipinski definition) is 2. The van der Waals surface area contributed by atoms with Crippen LogP contribution in [0.1, 0.15) is 30.4 Å². The standard InChI is InChI=1S/C22H30N4O2S/c1-17-16-26(13-12-21(17)19-9-5-4-6-10-19)22(23-2)25-15-18-8-7-11-20(14-18)29(27,28)24-3/h4-11,14,17,21,24H,12-13,15-16H2,1-3H3,(H,23,25). The van der Waals surface area contributed by atoms with Gasteiger partial charge in [0.15, 0.2) is 5.96 Å². The molecule has 1 fully saturated rings. The number of guanidine groups is 1. The molecule has 0 spiro atoms. The van der Waals surface area contributed by atoms with Gasteiger partial charge in [-0.3, -0.25) is 4.99 Å². The molecule has 0 aromatic heterocycles. The number of benzene rings is 2. The lowest BCUT2D eigenvalue weighted by Crippen LogP contribution is -2.47. The normalized spacial score (nSPS) is 20.5. The second-order valence-electron chi connectivity index (χ2n) is 7.48. The summed E-state index contributed by atoms with van der Waals surface area (Å²) in [5.41, 5.74) is 2.31. The maximum absolute atomic E-state index is 12.0. The Balaban J connectivity index is 1.63. The van der Waals surface area contributed by atoms with E-state index in [-0.39, 0.29) is 4.90 Å². The Hall–Kier alpha value is -2.38. The monoisotopic (exact) mass is 414 g/mol. The molecule has 1 heterocycles. The number of piperidine rings is 1. The Morgan fingerprint density at radius 1 is 1.17 bits per heavy atom. The number of aliphatic imine (C=N–C) groups is 1. The van der Waals surface area contributed by atoms with Crippen molar-refractivity contribution >= 4 is 16.0 Å². The Kier molecular flexibility index (Phi) is 6.92. The zero-order chi connectivity index (χ0) is 20.9. The molecule has 2 N–H and O–H groups in total. The molecular weight excluding hydrogens is 384 g/mol. The third-order valence-corrected chi connectivity index (χ3v) is 6.98. The molecule has 2 atom stereocenters. The first kappa shape index (κ1) is 21.3. The van der Waals surface area contributed by atoms with Gasteiger partial charge in [0.05, 0.1) is 4.90 Å². The average Bonchev–Trinajstić information content (AvgIpc) is 2.75. The van der Waals surface area contributed by atoms with Crippen LogP contribution in [0, 0.1) is 5.92 Å². The first-order valence-corrected chi connectivity index (χ1v) is 11.5. The molecule has 0 amide bonds. The fourth-order valence-corrected chi connectivity index (χ4v) is 4.79. The average molecular weight is 415 g/mol. The van der Waals surface area contributed by atoms with Crippen LogP contribution in [0.5, 0.6) is 0 Å². The van der Waals surface area contributed by atoms with Crippen molar-refractivity contribution in [2.75, 3.05) is 27.2 Å². The first-order chi connectivity index (χ1) is 13.9. The molecule has 0 radical (unpaired) electrons. The SMILES string of the molecule is CN=C(NCc1cccc(S(=O)(=O)NC)c1)N1CCC(c2ccccc2)C(C)C1. The molecule has 0 aliphatic carbocycles. The predicted molar refractivity (Wildman–Crippen MR) is 117 cm³/mol. The molecule has 1 aliphatic heterocycles. The van der Waals surface area contributed by atoms with Gasteiger partial charge in [-0.2, -0.15) is 0 Å². The zero-order valence-corrected chi connectivity index (χ0v) is 18.1. The van der Waals surface area contributed by atoms with Crippen LogP contribution >= 0.6 is 0 Å². The molecule has 0 bridgehead atoms. The van der Waals surface area contributed by atoms with Crippen LogP contribution in [0.4, 0.5) is 0 Å². The Morgan fingerprint density at radius 2 is 1.93 bits per heavy atom. The van der Waals surface area contributed by atoms with Crippen LogP contribution in [0.15, 0.2) is 64.5 Å². The first-order valence-electron chi connectivity index (χ1n) is 9.97. The number of rotatable bonds is 5. The number of likely N-dealkylation sites (tertiary alicyclic amines) is 1. The van der Waals surface area contributed by atoms with Gasteiger partial charge < -0.3 is 10.2 Å². The number of hydrogen-bond acceptors (Lipinski definition) is 3. The minimum absolute atomic E-state index is 0.270. The van der Waals surface area contributed by atoms with Gasteiger partial charge in [-0.1, -0.05) is 49.4 Å². The van der Waals surface area contributed by atoms with Gasteiger partial charge in [0, 0.05) is 26.7 Å². The molecule has 6 nitrogen and oxygen atoms in total. The summed E-state index contributed by atoms with van der Waals surface area (Å²) in [5.74, 6) is 1.94. The summed E-state index contributed by atoms with van der Waals surface area (Å²) in [6.45, 7) is 4.70. The summed E-state index contributed by atoms with van der Waals surface area (Å²) in [4.78, 5) is 7.01. The number of nitrogens with zero attached hydrogens (tertiary/aromatic N) is 2. The van der Waals surface area contributed by atoms with Crippen LogP contribution in [0.3, 0.4) is 0 Å². The second-order valence-corrected chi connectivity index (χ2v) is 9.37. The van der Waals surface area contributed by atoms with Gasteiger partial charge in [-0.15, -0.1) is 0 Å². The van der Waals surface area contributed by atoms with Crippen molar-refractivity contribution in [2.45, 2.75) is 30.7 Å². The van der Waals surface area contributed by atoms with Crippen molar-refractivity contribution in [3.05, 3.63) is 65.7 Å². The highest BCUT2D eigenvalue weighted by Gasteiger charge is 2.28. The predicted octanol–water partition coefficient (Wildman–Crippen LogP) is 2.80. The minimum atomic E-state index is -3.44. The van der Waals surface area contributed by atoms with Crippen molar-refractivity contribution < 1.29 is 8.42 Å². The van der Waals surface area contributed by atoms with Gasteiger partial charge in [-0.05, 0) is 48.6 Å². The molecule has 2 aromatic carbocycles. The van der Waals surface area contributed by atoms with E-state index in [0.717, 1.165) is 31.0 Å². The minimum Gasteiger partial charge on any atom is -0.352 e. The van der Waals surface area contributed by atoms with E-state index in [0.29, 0.717) is 18.4 Å². The van der Waals surface area contributed by atoms with Crippen molar-refractivity contribution in [2.24, 2.45) is 10.9 Å². The highest BCUT2D eigenvalue weighted by atomic mass is 32.2. The van der Waals surface area contributed by atoms with E-state index >= 15 is 0 Å². The van der Waals surface area contributed by atoms with E-state index < -0.39 is 10.0 Å². The van der Waals surface area contributed by atoms with E-state index in [1.807, 2.05) is 6.07 Å². The lowest BCUT2D eigenvalue weighted by Gasteiger charge is -2.39. The van der Waals surface area contributed by atoms with Crippen LogP contribution in [-0.2, 0) is 16.6 Å². The van der Waals surface area contributed by atoms with E-state index in [4.69, 9.17) is 0 Å². The van der Waals surface area contributed by atoms with E-state index in [1.165, 1.54) is 12.6 Å². The van der Waals surface area contributed by atoms with Crippen molar-refractivity contribution in [3.63, 3.8) is 0 Å². The van der Waals surface area contributed by atoms with Crippen LogP contribution in [-0.4, -0.2) is 46.5 Å². The lowest BCUT2D eigenvalue weighted by atomic mass is 9.82. The maximum Gasteiger partial charge on any atom is 0.240 e. The second kappa shape index (κ2) is 9.41. The van der Waals surface area contributed by atoms with Crippen molar-refractivity contribution in [1.82, 2.24) is 14.9 Å². The Bertz CT molecular complexity index is 944. The molecule has 2 aromatic rings. The quantitative estimate of drug-likeness (QED) is 0.583.